The van der Waals surface area contributed by atoms with Crippen LogP contribution in [0.15, 0.2) is 16.9 Å². The molecule has 0 N–H and O–H groups in total. The number of pyridine rings is 1. The zero-order chi connectivity index (χ0) is 15.3. The van der Waals surface area contributed by atoms with Crippen LogP contribution in [0.3, 0.4) is 0 Å². The average Bonchev–Trinajstić information content (AvgIpc) is 2.38. The number of carbonyl (C=O) groups is 1. The molecule has 20 heavy (non-hydrogen) atoms. The highest BCUT2D eigenvalue weighted by molar-refractivity contribution is 5.74. The van der Waals surface area contributed by atoms with E-state index in [0.717, 1.165) is 16.7 Å². The van der Waals surface area contributed by atoms with Crippen molar-refractivity contribution in [1.29, 1.82) is 0 Å². The second-order valence-electron chi connectivity index (χ2n) is 4.11. The van der Waals surface area contributed by atoms with Gasteiger partial charge in [-0.1, -0.05) is 0 Å². The van der Waals surface area contributed by atoms with Crippen molar-refractivity contribution in [2.24, 2.45) is 0 Å². The van der Waals surface area contributed by atoms with Gasteiger partial charge in [-0.05, 0) is 13.8 Å². The normalized spacial score (nSPS) is 11.9. The lowest BCUT2D eigenvalue weighted by atomic mass is 10.2. The second kappa shape index (κ2) is 6.80. The molecule has 0 aliphatic carbocycles. The maximum atomic E-state index is 11.8. The minimum absolute atomic E-state index is 0.0579. The molecular formula is C12H16N2O6. The SMILES string of the molecule is COCCOC(=O)C(C)n1c(C)c([N+](=O)[O-])ccc1=O. The molecule has 0 radical (unpaired) electrons. The number of hydrogen-bond acceptors (Lipinski definition) is 6. The first kappa shape index (κ1) is 15.8. The molecule has 1 atom stereocenters. The van der Waals surface area contributed by atoms with E-state index in [2.05, 4.69) is 0 Å². The molecule has 0 bridgehead atoms. The highest BCUT2D eigenvalue weighted by Gasteiger charge is 2.23. The van der Waals surface area contributed by atoms with E-state index < -0.39 is 22.5 Å². The Morgan fingerprint density at radius 2 is 2.10 bits per heavy atom. The first-order valence-corrected chi connectivity index (χ1v) is 5.92. The van der Waals surface area contributed by atoms with Gasteiger partial charge in [-0.3, -0.25) is 19.5 Å². The number of aromatic nitrogens is 1. The van der Waals surface area contributed by atoms with Crippen molar-refractivity contribution in [2.45, 2.75) is 19.9 Å². The van der Waals surface area contributed by atoms with E-state index in [-0.39, 0.29) is 24.6 Å². The van der Waals surface area contributed by atoms with Crippen molar-refractivity contribution in [3.05, 3.63) is 38.3 Å². The van der Waals surface area contributed by atoms with Crippen molar-refractivity contribution in [3.63, 3.8) is 0 Å². The van der Waals surface area contributed by atoms with Crippen molar-refractivity contribution in [3.8, 4) is 0 Å². The maximum Gasteiger partial charge on any atom is 0.329 e. The van der Waals surface area contributed by atoms with Crippen LogP contribution in [0, 0.1) is 17.0 Å². The Labute approximate surface area is 115 Å². The van der Waals surface area contributed by atoms with Gasteiger partial charge in [0.15, 0.2) is 0 Å². The van der Waals surface area contributed by atoms with Crippen LogP contribution >= 0.6 is 0 Å². The van der Waals surface area contributed by atoms with Crippen molar-refractivity contribution < 1.29 is 19.2 Å². The van der Waals surface area contributed by atoms with E-state index in [9.17, 15) is 19.7 Å². The molecule has 0 aliphatic heterocycles. The Morgan fingerprint density at radius 1 is 1.45 bits per heavy atom. The quantitative estimate of drug-likeness (QED) is 0.332. The molecule has 8 heteroatoms. The fourth-order valence-electron chi connectivity index (χ4n) is 1.77. The van der Waals surface area contributed by atoms with Gasteiger partial charge < -0.3 is 9.47 Å². The molecular weight excluding hydrogens is 268 g/mol. The highest BCUT2D eigenvalue weighted by atomic mass is 16.6. The smallest absolute Gasteiger partial charge is 0.329 e. The topological polar surface area (TPSA) is 101 Å². The van der Waals surface area contributed by atoms with Gasteiger partial charge in [0.1, 0.15) is 12.6 Å². The van der Waals surface area contributed by atoms with Crippen LogP contribution in [-0.4, -0.2) is 35.8 Å². The summed E-state index contributed by atoms with van der Waals surface area (Å²) in [5, 5.41) is 10.8. The molecule has 1 heterocycles. The Kier molecular flexibility index (Phi) is 5.39. The molecule has 1 aromatic heterocycles. The second-order valence-corrected chi connectivity index (χ2v) is 4.11. The maximum absolute atomic E-state index is 11.8. The molecule has 0 saturated heterocycles. The average molecular weight is 284 g/mol. The number of methoxy groups -OCH3 is 1. The lowest BCUT2D eigenvalue weighted by Crippen LogP contribution is -2.31. The molecule has 0 aromatic carbocycles. The van der Waals surface area contributed by atoms with E-state index in [1.165, 1.54) is 21.0 Å². The Morgan fingerprint density at radius 3 is 2.65 bits per heavy atom. The van der Waals surface area contributed by atoms with Crippen LogP contribution in [0.1, 0.15) is 18.7 Å². The third kappa shape index (κ3) is 3.41. The predicted octanol–water partition coefficient (Wildman–Crippen LogP) is 0.816. The first-order valence-electron chi connectivity index (χ1n) is 5.92. The van der Waals surface area contributed by atoms with Crippen molar-refractivity contribution in [2.75, 3.05) is 20.3 Å². The summed E-state index contributed by atoms with van der Waals surface area (Å²) < 4.78 is 10.7. The van der Waals surface area contributed by atoms with Crippen LogP contribution in [0.4, 0.5) is 5.69 Å². The summed E-state index contributed by atoms with van der Waals surface area (Å²) in [4.78, 5) is 33.8. The summed E-state index contributed by atoms with van der Waals surface area (Å²) in [6.45, 7) is 3.16. The summed E-state index contributed by atoms with van der Waals surface area (Å²) in [5.41, 5.74) is -0.607. The predicted molar refractivity (Wildman–Crippen MR) is 69.6 cm³/mol. The van der Waals surface area contributed by atoms with Crippen molar-refractivity contribution >= 4 is 11.7 Å². The molecule has 8 nitrogen and oxygen atoms in total. The van der Waals surface area contributed by atoms with E-state index in [0.29, 0.717) is 0 Å². The van der Waals surface area contributed by atoms with Crippen molar-refractivity contribution in [1.82, 2.24) is 4.57 Å². The van der Waals surface area contributed by atoms with Gasteiger partial charge in [0.05, 0.1) is 17.2 Å². The minimum atomic E-state index is -0.945. The molecule has 1 unspecified atom stereocenters. The van der Waals surface area contributed by atoms with Crippen LogP contribution in [0.2, 0.25) is 0 Å². The Hall–Kier alpha value is -2.22. The van der Waals surface area contributed by atoms with Gasteiger partial charge in [-0.25, -0.2) is 4.79 Å². The molecule has 0 amide bonds. The van der Waals surface area contributed by atoms with Crippen LogP contribution in [0.25, 0.3) is 0 Å². The number of nitro groups is 1. The third-order valence-electron chi connectivity index (χ3n) is 2.81. The van der Waals surface area contributed by atoms with Gasteiger partial charge in [-0.15, -0.1) is 0 Å². The summed E-state index contributed by atoms with van der Waals surface area (Å²) in [7, 11) is 1.46. The molecule has 0 fully saturated rings. The lowest BCUT2D eigenvalue weighted by molar-refractivity contribution is -0.386. The molecule has 110 valence electrons. The van der Waals surface area contributed by atoms with Crippen LogP contribution in [0.5, 0.6) is 0 Å². The standard InChI is InChI=1S/C12H16N2O6/c1-8-10(14(17)18)4-5-11(15)13(8)9(2)12(16)20-7-6-19-3/h4-5,9H,6-7H2,1-3H3. The highest BCUT2D eigenvalue weighted by Crippen LogP contribution is 2.18. The van der Waals surface area contributed by atoms with E-state index >= 15 is 0 Å². The monoisotopic (exact) mass is 284 g/mol. The molecule has 0 aliphatic rings. The minimum Gasteiger partial charge on any atom is -0.462 e. The van der Waals surface area contributed by atoms with Gasteiger partial charge in [0.2, 0.25) is 0 Å². The number of rotatable bonds is 6. The zero-order valence-corrected chi connectivity index (χ0v) is 11.5. The van der Waals surface area contributed by atoms with E-state index in [1.807, 2.05) is 0 Å². The molecule has 1 rings (SSSR count). The lowest BCUT2D eigenvalue weighted by Gasteiger charge is -2.16. The number of ether oxygens (including phenoxy) is 2. The van der Waals surface area contributed by atoms with Crippen LogP contribution in [-0.2, 0) is 14.3 Å². The fraction of sp³-hybridized carbons (Fsp3) is 0.500. The molecule has 0 saturated carbocycles. The summed E-state index contributed by atoms with van der Waals surface area (Å²) in [5.74, 6) is -0.646. The number of carbonyl (C=O) groups excluding carboxylic acids is 1. The zero-order valence-electron chi connectivity index (χ0n) is 11.5. The fourth-order valence-corrected chi connectivity index (χ4v) is 1.77. The number of esters is 1. The number of nitrogens with zero attached hydrogens (tertiary/aromatic N) is 2. The van der Waals surface area contributed by atoms with E-state index in [4.69, 9.17) is 9.47 Å². The molecule has 0 spiro atoms. The summed E-state index contributed by atoms with van der Waals surface area (Å²) in [6.07, 6.45) is 0. The summed E-state index contributed by atoms with van der Waals surface area (Å²) >= 11 is 0. The van der Waals surface area contributed by atoms with E-state index in [1.54, 1.807) is 0 Å². The Balaban J connectivity index is 3.06. The number of hydrogen-bond donors (Lipinski definition) is 0. The van der Waals surface area contributed by atoms with Gasteiger partial charge in [-0.2, -0.15) is 0 Å². The Bertz CT molecular complexity index is 566. The summed E-state index contributed by atoms with van der Waals surface area (Å²) in [6, 6.07) is 1.24. The largest absolute Gasteiger partial charge is 0.462 e. The molecule has 1 aromatic rings. The van der Waals surface area contributed by atoms with Crippen LogP contribution < -0.4 is 5.56 Å². The first-order chi connectivity index (χ1) is 9.40. The van der Waals surface area contributed by atoms with Gasteiger partial charge >= 0.3 is 5.97 Å². The van der Waals surface area contributed by atoms with Gasteiger partial charge in [0.25, 0.3) is 11.2 Å². The third-order valence-corrected chi connectivity index (χ3v) is 2.81. The van der Waals surface area contributed by atoms with Gasteiger partial charge in [0, 0.05) is 19.2 Å².